The molecule has 27 heavy (non-hydrogen) atoms. The quantitative estimate of drug-likeness (QED) is 0.558. The van der Waals surface area contributed by atoms with Crippen molar-refractivity contribution in [2.24, 2.45) is 5.10 Å². The average molecular weight is 360 g/mol. The summed E-state index contributed by atoms with van der Waals surface area (Å²) < 4.78 is 5.54. The Kier molecular flexibility index (Phi) is 5.95. The summed E-state index contributed by atoms with van der Waals surface area (Å²) in [5.74, 6) is 0.299. The summed E-state index contributed by atoms with van der Waals surface area (Å²) in [7, 11) is 0. The molecule has 2 heterocycles. The van der Waals surface area contributed by atoms with Gasteiger partial charge in [-0.1, -0.05) is 36.9 Å². The fraction of sp³-hybridized carbons (Fsp3) is 0.238. The number of benzene rings is 1. The fourth-order valence-corrected chi connectivity index (χ4v) is 2.82. The highest BCUT2D eigenvalue weighted by Gasteiger charge is 2.29. The number of hydrazone groups is 1. The van der Waals surface area contributed by atoms with Crippen molar-refractivity contribution in [2.45, 2.75) is 25.3 Å². The molecule has 6 nitrogen and oxygen atoms in total. The van der Waals surface area contributed by atoms with E-state index in [-0.39, 0.29) is 11.9 Å². The van der Waals surface area contributed by atoms with Crippen LogP contribution < -0.4 is 4.74 Å². The molecule has 1 atom stereocenters. The van der Waals surface area contributed by atoms with E-state index in [0.29, 0.717) is 42.9 Å². The van der Waals surface area contributed by atoms with Gasteiger partial charge in [-0.05, 0) is 24.5 Å². The van der Waals surface area contributed by atoms with Crippen LogP contribution in [0.3, 0.4) is 0 Å². The lowest BCUT2D eigenvalue weighted by atomic mass is 10.0. The molecule has 0 N–H and O–H groups in total. The first kappa shape index (κ1) is 18.3. The molecular formula is C21H20N4O2. The van der Waals surface area contributed by atoms with Gasteiger partial charge in [0.2, 0.25) is 5.88 Å². The molecule has 1 amide bonds. The molecule has 0 fully saturated rings. The molecule has 1 aliphatic rings. The Morgan fingerprint density at radius 1 is 1.30 bits per heavy atom. The van der Waals surface area contributed by atoms with E-state index in [0.717, 1.165) is 5.56 Å². The molecule has 1 unspecified atom stereocenters. The van der Waals surface area contributed by atoms with E-state index in [9.17, 15) is 4.79 Å². The summed E-state index contributed by atoms with van der Waals surface area (Å²) in [5.41, 5.74) is 2.05. The molecule has 1 aromatic heterocycles. The number of nitriles is 1. The van der Waals surface area contributed by atoms with Gasteiger partial charge in [0.15, 0.2) is 0 Å². The van der Waals surface area contributed by atoms with Crippen molar-refractivity contribution in [3.8, 4) is 11.9 Å². The van der Waals surface area contributed by atoms with Crippen LogP contribution in [0.2, 0.25) is 0 Å². The van der Waals surface area contributed by atoms with Crippen LogP contribution in [0.25, 0.3) is 0 Å². The Morgan fingerprint density at radius 3 is 2.81 bits per heavy atom. The Labute approximate surface area is 158 Å². The SMILES string of the molecule is C=C(CCCOc1ccc(C#N)cn1)C(=O)N1N=CCC1c1ccccc1. The molecule has 0 saturated heterocycles. The van der Waals surface area contributed by atoms with Crippen LogP contribution in [0.4, 0.5) is 0 Å². The molecular weight excluding hydrogens is 340 g/mol. The van der Waals surface area contributed by atoms with Crippen molar-refractivity contribution < 1.29 is 9.53 Å². The Bertz CT molecular complexity index is 869. The van der Waals surface area contributed by atoms with Crippen molar-refractivity contribution in [1.29, 1.82) is 5.26 Å². The van der Waals surface area contributed by atoms with Gasteiger partial charge in [0.25, 0.3) is 5.91 Å². The monoisotopic (exact) mass is 360 g/mol. The van der Waals surface area contributed by atoms with Gasteiger partial charge in [-0.3, -0.25) is 4.79 Å². The third kappa shape index (κ3) is 4.59. The zero-order chi connectivity index (χ0) is 19.1. The maximum absolute atomic E-state index is 12.7. The highest BCUT2D eigenvalue weighted by Crippen LogP contribution is 2.29. The summed E-state index contributed by atoms with van der Waals surface area (Å²) >= 11 is 0. The number of ether oxygens (including phenoxy) is 1. The van der Waals surface area contributed by atoms with Crippen LogP contribution in [0.1, 0.15) is 36.4 Å². The van der Waals surface area contributed by atoms with Crippen molar-refractivity contribution in [3.63, 3.8) is 0 Å². The summed E-state index contributed by atoms with van der Waals surface area (Å²) in [6, 6.07) is 15.1. The number of amides is 1. The fourth-order valence-electron chi connectivity index (χ4n) is 2.82. The molecule has 0 aliphatic carbocycles. The number of hydrogen-bond acceptors (Lipinski definition) is 5. The summed E-state index contributed by atoms with van der Waals surface area (Å²) in [5, 5.41) is 14.5. The standard InChI is InChI=1S/C21H20N4O2/c1-16(6-5-13-27-20-10-9-17(14-22)15-23-20)21(26)25-19(11-12-24-25)18-7-3-2-4-8-18/h2-4,7-10,12,15,19H,1,5-6,11,13H2. The van der Waals surface area contributed by atoms with Gasteiger partial charge >= 0.3 is 0 Å². The molecule has 3 rings (SSSR count). The van der Waals surface area contributed by atoms with E-state index in [1.807, 2.05) is 36.4 Å². The molecule has 0 saturated carbocycles. The first-order valence-corrected chi connectivity index (χ1v) is 8.76. The molecule has 1 aromatic carbocycles. The van der Waals surface area contributed by atoms with Crippen molar-refractivity contribution >= 4 is 12.1 Å². The molecule has 136 valence electrons. The number of carbonyl (C=O) groups is 1. The maximum atomic E-state index is 12.7. The van der Waals surface area contributed by atoms with Gasteiger partial charge in [0.1, 0.15) is 6.07 Å². The highest BCUT2D eigenvalue weighted by molar-refractivity contribution is 5.94. The smallest absolute Gasteiger partial charge is 0.269 e. The predicted molar refractivity (Wildman–Crippen MR) is 102 cm³/mol. The lowest BCUT2D eigenvalue weighted by Gasteiger charge is -2.23. The second-order valence-electron chi connectivity index (χ2n) is 6.16. The van der Waals surface area contributed by atoms with Gasteiger partial charge in [-0.2, -0.15) is 10.4 Å². The molecule has 1 aliphatic heterocycles. The molecule has 2 aromatic rings. The Morgan fingerprint density at radius 2 is 2.11 bits per heavy atom. The third-order valence-electron chi connectivity index (χ3n) is 4.26. The van der Waals surface area contributed by atoms with Crippen LogP contribution in [-0.4, -0.2) is 28.7 Å². The van der Waals surface area contributed by atoms with Crippen LogP contribution >= 0.6 is 0 Å². The van der Waals surface area contributed by atoms with Crippen LogP contribution in [-0.2, 0) is 4.79 Å². The summed E-state index contributed by atoms with van der Waals surface area (Å²) in [4.78, 5) is 16.7. The second kappa shape index (κ2) is 8.77. The van der Waals surface area contributed by atoms with E-state index < -0.39 is 0 Å². The lowest BCUT2D eigenvalue weighted by molar-refractivity contribution is -0.129. The van der Waals surface area contributed by atoms with Crippen LogP contribution in [0.5, 0.6) is 5.88 Å². The molecule has 0 spiro atoms. The van der Waals surface area contributed by atoms with Crippen LogP contribution in [0.15, 0.2) is 65.9 Å². The third-order valence-corrected chi connectivity index (χ3v) is 4.26. The van der Waals surface area contributed by atoms with Gasteiger partial charge in [0, 0.05) is 30.5 Å². The predicted octanol–water partition coefficient (Wildman–Crippen LogP) is 3.63. The minimum absolute atomic E-state index is 0.0745. The normalized spacial score (nSPS) is 15.4. The van der Waals surface area contributed by atoms with Gasteiger partial charge < -0.3 is 4.74 Å². The number of aromatic nitrogens is 1. The average Bonchev–Trinajstić information content (AvgIpc) is 3.21. The van der Waals surface area contributed by atoms with Gasteiger partial charge in [-0.25, -0.2) is 9.99 Å². The van der Waals surface area contributed by atoms with E-state index in [1.165, 1.54) is 11.2 Å². The van der Waals surface area contributed by atoms with E-state index in [2.05, 4.69) is 16.7 Å². The summed E-state index contributed by atoms with van der Waals surface area (Å²) in [6.45, 7) is 4.34. The highest BCUT2D eigenvalue weighted by atomic mass is 16.5. The Balaban J connectivity index is 1.48. The van der Waals surface area contributed by atoms with E-state index in [4.69, 9.17) is 10.00 Å². The second-order valence-corrected chi connectivity index (χ2v) is 6.16. The first-order chi connectivity index (χ1) is 13.2. The number of hydrogen-bond donors (Lipinski definition) is 0. The molecule has 0 bridgehead atoms. The molecule has 6 heteroatoms. The number of carbonyl (C=O) groups excluding carboxylic acids is 1. The summed E-state index contributed by atoms with van der Waals surface area (Å²) in [6.07, 6.45) is 5.09. The molecule has 0 radical (unpaired) electrons. The van der Waals surface area contributed by atoms with Crippen molar-refractivity contribution in [3.05, 3.63) is 71.9 Å². The van der Waals surface area contributed by atoms with Crippen molar-refractivity contribution in [1.82, 2.24) is 9.99 Å². The first-order valence-electron chi connectivity index (χ1n) is 8.76. The Hall–Kier alpha value is -3.46. The minimum atomic E-state index is -0.158. The number of nitrogens with zero attached hydrogens (tertiary/aromatic N) is 4. The maximum Gasteiger partial charge on any atom is 0.269 e. The van der Waals surface area contributed by atoms with Gasteiger partial charge in [-0.15, -0.1) is 0 Å². The van der Waals surface area contributed by atoms with E-state index >= 15 is 0 Å². The van der Waals surface area contributed by atoms with E-state index in [1.54, 1.807) is 18.3 Å². The topological polar surface area (TPSA) is 78.6 Å². The minimum Gasteiger partial charge on any atom is -0.478 e. The zero-order valence-electron chi connectivity index (χ0n) is 14.9. The van der Waals surface area contributed by atoms with Crippen molar-refractivity contribution in [2.75, 3.05) is 6.61 Å². The number of rotatable bonds is 7. The zero-order valence-corrected chi connectivity index (χ0v) is 14.9. The van der Waals surface area contributed by atoms with Gasteiger partial charge in [0.05, 0.1) is 18.2 Å². The number of pyridine rings is 1. The largest absolute Gasteiger partial charge is 0.478 e. The van der Waals surface area contributed by atoms with Crippen LogP contribution in [0, 0.1) is 11.3 Å². The lowest BCUT2D eigenvalue weighted by Crippen LogP contribution is -2.28.